The van der Waals surface area contributed by atoms with Crippen LogP contribution in [0.25, 0.3) is 0 Å². The van der Waals surface area contributed by atoms with Gasteiger partial charge in [0.1, 0.15) is 0 Å². The quantitative estimate of drug-likeness (QED) is 0.807. The minimum atomic E-state index is -0.00493. The van der Waals surface area contributed by atoms with Gasteiger partial charge in [-0.05, 0) is 31.6 Å². The van der Waals surface area contributed by atoms with E-state index < -0.39 is 0 Å². The van der Waals surface area contributed by atoms with E-state index in [-0.39, 0.29) is 17.6 Å². The van der Waals surface area contributed by atoms with Gasteiger partial charge in [-0.15, -0.1) is 0 Å². The first-order chi connectivity index (χ1) is 7.49. The summed E-state index contributed by atoms with van der Waals surface area (Å²) >= 11 is 0. The van der Waals surface area contributed by atoms with Crippen LogP contribution in [0.2, 0.25) is 0 Å². The molecule has 3 heteroatoms. The molecule has 0 bridgehead atoms. The molecule has 2 unspecified atom stereocenters. The largest absolute Gasteiger partial charge is 0.396 e. The van der Waals surface area contributed by atoms with Crippen molar-refractivity contribution in [3.05, 3.63) is 18.7 Å². The molecule has 0 saturated heterocycles. The predicted octanol–water partition coefficient (Wildman–Crippen LogP) is 2.81. The maximum Gasteiger partial charge on any atom is 0.0951 e. The SMILES string of the molecule is CCC(C)(CO)CC(C)(CC)n1ccnc1. The average molecular weight is 224 g/mol. The first kappa shape index (κ1) is 13.2. The summed E-state index contributed by atoms with van der Waals surface area (Å²) in [5.74, 6) is 0. The van der Waals surface area contributed by atoms with Crippen LogP contribution in [0.5, 0.6) is 0 Å². The van der Waals surface area contributed by atoms with Crippen molar-refractivity contribution in [3.8, 4) is 0 Å². The van der Waals surface area contributed by atoms with E-state index in [0.29, 0.717) is 0 Å². The van der Waals surface area contributed by atoms with E-state index in [9.17, 15) is 5.11 Å². The van der Waals surface area contributed by atoms with Crippen LogP contribution in [-0.2, 0) is 5.54 Å². The predicted molar refractivity (Wildman–Crippen MR) is 66.3 cm³/mol. The monoisotopic (exact) mass is 224 g/mol. The number of hydrogen-bond acceptors (Lipinski definition) is 2. The highest BCUT2D eigenvalue weighted by Gasteiger charge is 2.33. The lowest BCUT2D eigenvalue weighted by Gasteiger charge is -2.38. The van der Waals surface area contributed by atoms with Gasteiger partial charge in [0.15, 0.2) is 0 Å². The Hall–Kier alpha value is -0.830. The normalized spacial score (nSPS) is 19.1. The van der Waals surface area contributed by atoms with Crippen molar-refractivity contribution < 1.29 is 5.11 Å². The highest BCUT2D eigenvalue weighted by atomic mass is 16.3. The topological polar surface area (TPSA) is 38.0 Å². The van der Waals surface area contributed by atoms with Gasteiger partial charge in [0.2, 0.25) is 0 Å². The van der Waals surface area contributed by atoms with E-state index >= 15 is 0 Å². The molecule has 1 aromatic heterocycles. The molecular formula is C13H24N2O. The first-order valence-electron chi connectivity index (χ1n) is 6.09. The third kappa shape index (κ3) is 2.64. The Morgan fingerprint density at radius 1 is 1.25 bits per heavy atom. The molecule has 1 rings (SSSR count). The number of imidazole rings is 1. The summed E-state index contributed by atoms with van der Waals surface area (Å²) in [4.78, 5) is 4.12. The summed E-state index contributed by atoms with van der Waals surface area (Å²) in [6.45, 7) is 8.96. The molecule has 0 aliphatic rings. The van der Waals surface area contributed by atoms with E-state index in [1.54, 1.807) is 0 Å². The van der Waals surface area contributed by atoms with Gasteiger partial charge in [-0.25, -0.2) is 4.98 Å². The molecule has 0 spiro atoms. The van der Waals surface area contributed by atoms with E-state index in [2.05, 4.69) is 37.2 Å². The molecule has 0 aromatic carbocycles. The molecule has 0 fully saturated rings. The van der Waals surface area contributed by atoms with Crippen molar-refractivity contribution in [2.24, 2.45) is 5.41 Å². The van der Waals surface area contributed by atoms with Crippen LogP contribution in [-0.4, -0.2) is 21.3 Å². The molecule has 3 nitrogen and oxygen atoms in total. The van der Waals surface area contributed by atoms with Crippen LogP contribution in [0, 0.1) is 5.41 Å². The Kier molecular flexibility index (Phi) is 4.14. The number of hydrogen-bond donors (Lipinski definition) is 1. The van der Waals surface area contributed by atoms with Gasteiger partial charge in [0.25, 0.3) is 0 Å². The highest BCUT2D eigenvalue weighted by Crippen LogP contribution is 2.37. The molecule has 2 atom stereocenters. The Balaban J connectivity index is 2.90. The zero-order valence-corrected chi connectivity index (χ0v) is 10.9. The average Bonchev–Trinajstić information content (AvgIpc) is 2.83. The van der Waals surface area contributed by atoms with Crippen molar-refractivity contribution in [2.75, 3.05) is 6.61 Å². The third-order valence-corrected chi connectivity index (χ3v) is 3.93. The lowest BCUT2D eigenvalue weighted by molar-refractivity contribution is 0.0775. The zero-order chi connectivity index (χ0) is 12.2. The summed E-state index contributed by atoms with van der Waals surface area (Å²) < 4.78 is 2.16. The summed E-state index contributed by atoms with van der Waals surface area (Å²) in [6, 6.07) is 0. The number of aromatic nitrogens is 2. The van der Waals surface area contributed by atoms with Crippen LogP contribution in [0.4, 0.5) is 0 Å². The lowest BCUT2D eigenvalue weighted by atomic mass is 9.75. The fourth-order valence-electron chi connectivity index (χ4n) is 2.19. The van der Waals surface area contributed by atoms with Crippen LogP contribution >= 0.6 is 0 Å². The molecule has 1 N–H and O–H groups in total. The summed E-state index contributed by atoms with van der Waals surface area (Å²) in [7, 11) is 0. The van der Waals surface area contributed by atoms with Crippen LogP contribution in [0.15, 0.2) is 18.7 Å². The Morgan fingerprint density at radius 2 is 1.94 bits per heavy atom. The Morgan fingerprint density at radius 3 is 2.31 bits per heavy atom. The molecule has 1 heterocycles. The van der Waals surface area contributed by atoms with Crippen molar-refractivity contribution in [1.29, 1.82) is 0 Å². The van der Waals surface area contributed by atoms with Crippen LogP contribution in [0.3, 0.4) is 0 Å². The Bertz CT molecular complexity index is 304. The van der Waals surface area contributed by atoms with Gasteiger partial charge in [-0.3, -0.25) is 0 Å². The van der Waals surface area contributed by atoms with Crippen molar-refractivity contribution in [3.63, 3.8) is 0 Å². The van der Waals surface area contributed by atoms with Gasteiger partial charge in [0, 0.05) is 24.5 Å². The molecular weight excluding hydrogens is 200 g/mol. The summed E-state index contributed by atoms with van der Waals surface area (Å²) in [6.07, 6.45) is 8.71. The second-order valence-corrected chi connectivity index (χ2v) is 5.32. The first-order valence-corrected chi connectivity index (χ1v) is 6.09. The maximum atomic E-state index is 9.52. The van der Waals surface area contributed by atoms with Gasteiger partial charge in [0.05, 0.1) is 6.33 Å². The molecule has 0 aliphatic carbocycles. The second-order valence-electron chi connectivity index (χ2n) is 5.32. The van der Waals surface area contributed by atoms with Gasteiger partial charge in [-0.2, -0.15) is 0 Å². The van der Waals surface area contributed by atoms with Gasteiger partial charge in [-0.1, -0.05) is 20.8 Å². The molecule has 92 valence electrons. The fourth-order valence-corrected chi connectivity index (χ4v) is 2.19. The fraction of sp³-hybridized carbons (Fsp3) is 0.769. The van der Waals surface area contributed by atoms with Crippen LogP contribution < -0.4 is 0 Å². The lowest BCUT2D eigenvalue weighted by Crippen LogP contribution is -2.36. The standard InChI is InChI=1S/C13H24N2O/c1-5-12(3,10-16)9-13(4,6-2)15-8-7-14-11-15/h7-8,11,16H,5-6,9-10H2,1-4H3. The van der Waals surface area contributed by atoms with E-state index in [4.69, 9.17) is 0 Å². The Labute approximate surface area is 98.5 Å². The van der Waals surface area contributed by atoms with Gasteiger partial charge < -0.3 is 9.67 Å². The summed E-state index contributed by atoms with van der Waals surface area (Å²) in [5, 5.41) is 9.52. The van der Waals surface area contributed by atoms with E-state index in [1.807, 2.05) is 18.7 Å². The maximum absolute atomic E-state index is 9.52. The molecule has 0 amide bonds. The molecule has 0 aliphatic heterocycles. The molecule has 16 heavy (non-hydrogen) atoms. The third-order valence-electron chi connectivity index (χ3n) is 3.93. The minimum absolute atomic E-state index is 0.00493. The zero-order valence-electron chi connectivity index (χ0n) is 10.9. The van der Waals surface area contributed by atoms with Crippen molar-refractivity contribution in [1.82, 2.24) is 9.55 Å². The van der Waals surface area contributed by atoms with Crippen LogP contribution in [0.1, 0.15) is 47.0 Å². The summed E-state index contributed by atoms with van der Waals surface area (Å²) in [5.41, 5.74) is 0.0407. The van der Waals surface area contributed by atoms with Crippen molar-refractivity contribution >= 4 is 0 Å². The van der Waals surface area contributed by atoms with Gasteiger partial charge >= 0.3 is 0 Å². The highest BCUT2D eigenvalue weighted by molar-refractivity contribution is 4.92. The molecule has 1 aromatic rings. The number of nitrogens with zero attached hydrogens (tertiary/aromatic N) is 2. The van der Waals surface area contributed by atoms with E-state index in [0.717, 1.165) is 19.3 Å². The molecule has 0 radical (unpaired) electrons. The number of aliphatic hydroxyl groups is 1. The van der Waals surface area contributed by atoms with E-state index in [1.165, 1.54) is 0 Å². The van der Waals surface area contributed by atoms with Crippen molar-refractivity contribution in [2.45, 2.75) is 52.5 Å². The smallest absolute Gasteiger partial charge is 0.0951 e. The number of rotatable bonds is 6. The molecule has 0 saturated carbocycles. The number of aliphatic hydroxyl groups excluding tert-OH is 1. The second kappa shape index (κ2) is 5.00. The minimum Gasteiger partial charge on any atom is -0.396 e.